The van der Waals surface area contributed by atoms with Crippen LogP contribution in [0.25, 0.3) is 0 Å². The van der Waals surface area contributed by atoms with Crippen molar-refractivity contribution < 1.29 is 9.59 Å². The van der Waals surface area contributed by atoms with Crippen molar-refractivity contribution in [2.24, 2.45) is 5.92 Å². The molecule has 132 valence electrons. The van der Waals surface area contributed by atoms with Gasteiger partial charge in [-0.2, -0.15) is 0 Å². The summed E-state index contributed by atoms with van der Waals surface area (Å²) in [6.07, 6.45) is 2.60. The first-order valence-electron chi connectivity index (χ1n) is 8.80. The number of rotatable bonds is 7. The number of hydrogen-bond acceptors (Lipinski definition) is 3. The smallest absolute Gasteiger partial charge is 0.243 e. The first-order chi connectivity index (χ1) is 11.5. The fourth-order valence-electron chi connectivity index (χ4n) is 3.01. The Kier molecular flexibility index (Phi) is 6.79. The number of likely N-dealkylation sites (tertiary alicyclic amines) is 1. The van der Waals surface area contributed by atoms with Crippen LogP contribution in [0, 0.1) is 5.92 Å². The van der Waals surface area contributed by atoms with E-state index in [0.29, 0.717) is 6.54 Å². The van der Waals surface area contributed by atoms with Gasteiger partial charge in [0.05, 0.1) is 0 Å². The summed E-state index contributed by atoms with van der Waals surface area (Å²) in [5.41, 5.74) is 2.38. The van der Waals surface area contributed by atoms with Crippen molar-refractivity contribution >= 4 is 11.8 Å². The molecule has 2 N–H and O–H groups in total. The van der Waals surface area contributed by atoms with Crippen LogP contribution in [0.1, 0.15) is 44.7 Å². The van der Waals surface area contributed by atoms with Gasteiger partial charge >= 0.3 is 0 Å². The van der Waals surface area contributed by atoms with Gasteiger partial charge in [-0.25, -0.2) is 0 Å². The highest BCUT2D eigenvalue weighted by atomic mass is 16.2. The second-order valence-corrected chi connectivity index (χ2v) is 6.94. The fourth-order valence-corrected chi connectivity index (χ4v) is 3.01. The van der Waals surface area contributed by atoms with Gasteiger partial charge in [-0.05, 0) is 43.0 Å². The molecule has 1 saturated heterocycles. The first-order valence-corrected chi connectivity index (χ1v) is 8.80. The number of nitrogens with one attached hydrogen (secondary N) is 2. The van der Waals surface area contributed by atoms with Gasteiger partial charge in [-0.15, -0.1) is 0 Å². The molecule has 0 aromatic heterocycles. The van der Waals surface area contributed by atoms with E-state index in [2.05, 4.69) is 39.8 Å². The Morgan fingerprint density at radius 1 is 1.08 bits per heavy atom. The second kappa shape index (κ2) is 8.83. The van der Waals surface area contributed by atoms with Crippen LogP contribution in [0.5, 0.6) is 0 Å². The molecule has 1 atom stereocenters. The monoisotopic (exact) mass is 331 g/mol. The topological polar surface area (TPSA) is 61.4 Å². The molecule has 1 unspecified atom stereocenters. The average molecular weight is 331 g/mol. The summed E-state index contributed by atoms with van der Waals surface area (Å²) in [5.74, 6) is -0.270. The molecule has 1 aliphatic rings. The minimum Gasteiger partial charge on any atom is -0.350 e. The number of nitrogens with zero attached hydrogens (tertiary/aromatic N) is 1. The van der Waals surface area contributed by atoms with Crippen LogP contribution >= 0.6 is 0 Å². The maximum atomic E-state index is 12.3. The Hall–Kier alpha value is -1.88. The van der Waals surface area contributed by atoms with E-state index in [1.165, 1.54) is 38.4 Å². The quantitative estimate of drug-likeness (QED) is 0.804. The van der Waals surface area contributed by atoms with Crippen LogP contribution in [-0.4, -0.2) is 35.8 Å². The van der Waals surface area contributed by atoms with Crippen molar-refractivity contribution in [1.29, 1.82) is 0 Å². The van der Waals surface area contributed by atoms with Crippen LogP contribution in [0.2, 0.25) is 0 Å². The van der Waals surface area contributed by atoms with Crippen LogP contribution in [0.15, 0.2) is 24.3 Å². The van der Waals surface area contributed by atoms with E-state index in [1.54, 1.807) is 0 Å². The molecule has 1 heterocycles. The molecule has 0 bridgehead atoms. The lowest BCUT2D eigenvalue weighted by Gasteiger charge is -2.21. The summed E-state index contributed by atoms with van der Waals surface area (Å²) < 4.78 is 0. The van der Waals surface area contributed by atoms with Crippen molar-refractivity contribution in [3.8, 4) is 0 Å². The molecule has 5 heteroatoms. The lowest BCUT2D eigenvalue weighted by atomic mass is 10.0. The minimum atomic E-state index is -0.489. The van der Waals surface area contributed by atoms with Crippen molar-refractivity contribution in [3.63, 3.8) is 0 Å². The van der Waals surface area contributed by atoms with Gasteiger partial charge in [-0.1, -0.05) is 38.1 Å². The molecule has 0 aliphatic carbocycles. The average Bonchev–Trinajstić information content (AvgIpc) is 3.04. The third-order valence-corrected chi connectivity index (χ3v) is 4.40. The van der Waals surface area contributed by atoms with Crippen LogP contribution in [-0.2, 0) is 22.7 Å². The van der Waals surface area contributed by atoms with Gasteiger partial charge in [0.1, 0.15) is 6.04 Å². The van der Waals surface area contributed by atoms with Gasteiger partial charge in [0.15, 0.2) is 0 Å². The molecule has 5 nitrogen and oxygen atoms in total. The van der Waals surface area contributed by atoms with Crippen molar-refractivity contribution in [2.75, 3.05) is 13.1 Å². The Balaban J connectivity index is 1.84. The summed E-state index contributed by atoms with van der Waals surface area (Å²) in [6.45, 7) is 9.15. The first kappa shape index (κ1) is 18.5. The van der Waals surface area contributed by atoms with Crippen molar-refractivity contribution in [3.05, 3.63) is 35.4 Å². The Labute approximate surface area is 144 Å². The molecule has 1 fully saturated rings. The van der Waals surface area contributed by atoms with E-state index < -0.39 is 6.04 Å². The lowest BCUT2D eigenvalue weighted by molar-refractivity contribution is -0.129. The SMILES string of the molecule is CC(=O)NC(C(=O)NCc1ccc(CN2CCCC2)cc1)C(C)C. The summed E-state index contributed by atoms with van der Waals surface area (Å²) >= 11 is 0. The Bertz CT molecular complexity index is 548. The zero-order valence-electron chi connectivity index (χ0n) is 15.0. The molecule has 0 saturated carbocycles. The molecule has 0 radical (unpaired) electrons. The van der Waals surface area contributed by atoms with Gasteiger partial charge < -0.3 is 10.6 Å². The highest BCUT2D eigenvalue weighted by Crippen LogP contribution is 2.13. The fraction of sp³-hybridized carbons (Fsp3) is 0.579. The molecule has 1 aromatic carbocycles. The predicted molar refractivity (Wildman–Crippen MR) is 95.2 cm³/mol. The Morgan fingerprint density at radius 2 is 1.67 bits per heavy atom. The van der Waals surface area contributed by atoms with Gasteiger partial charge in [0.25, 0.3) is 0 Å². The summed E-state index contributed by atoms with van der Waals surface area (Å²) in [7, 11) is 0. The van der Waals surface area contributed by atoms with Crippen molar-refractivity contribution in [2.45, 2.75) is 52.7 Å². The molecular weight excluding hydrogens is 302 g/mol. The van der Waals surface area contributed by atoms with E-state index >= 15 is 0 Å². The summed E-state index contributed by atoms with van der Waals surface area (Å²) in [4.78, 5) is 25.9. The minimum absolute atomic E-state index is 0.0525. The third kappa shape index (κ3) is 5.64. The number of amides is 2. The molecule has 0 spiro atoms. The molecule has 2 rings (SSSR count). The van der Waals surface area contributed by atoms with E-state index in [0.717, 1.165) is 12.1 Å². The summed E-state index contributed by atoms with van der Waals surface area (Å²) in [6, 6.07) is 7.90. The standard InChI is InChI=1S/C19H29N3O2/c1-14(2)18(21-15(3)23)19(24)20-12-16-6-8-17(9-7-16)13-22-10-4-5-11-22/h6-9,14,18H,4-5,10-13H2,1-3H3,(H,20,24)(H,21,23). The molecule has 1 aromatic rings. The third-order valence-electron chi connectivity index (χ3n) is 4.40. The lowest BCUT2D eigenvalue weighted by Crippen LogP contribution is -2.48. The highest BCUT2D eigenvalue weighted by Gasteiger charge is 2.22. The van der Waals surface area contributed by atoms with E-state index in [4.69, 9.17) is 0 Å². The maximum absolute atomic E-state index is 12.3. The highest BCUT2D eigenvalue weighted by molar-refractivity contribution is 5.86. The largest absolute Gasteiger partial charge is 0.350 e. The Morgan fingerprint density at radius 3 is 2.21 bits per heavy atom. The summed E-state index contributed by atoms with van der Waals surface area (Å²) in [5, 5.41) is 5.62. The van der Waals surface area contributed by atoms with Gasteiger partial charge in [0, 0.05) is 20.0 Å². The van der Waals surface area contributed by atoms with E-state index in [9.17, 15) is 9.59 Å². The zero-order valence-corrected chi connectivity index (χ0v) is 15.0. The zero-order chi connectivity index (χ0) is 17.5. The molecule has 2 amide bonds. The maximum Gasteiger partial charge on any atom is 0.243 e. The van der Waals surface area contributed by atoms with Crippen LogP contribution in [0.4, 0.5) is 0 Å². The van der Waals surface area contributed by atoms with Gasteiger partial charge in [0.2, 0.25) is 11.8 Å². The number of carbonyl (C=O) groups is 2. The molecular formula is C19H29N3O2. The van der Waals surface area contributed by atoms with Crippen LogP contribution in [0.3, 0.4) is 0 Å². The molecule has 24 heavy (non-hydrogen) atoms. The van der Waals surface area contributed by atoms with Gasteiger partial charge in [-0.3, -0.25) is 14.5 Å². The number of carbonyl (C=O) groups excluding carboxylic acids is 2. The number of benzene rings is 1. The molecule has 1 aliphatic heterocycles. The van der Waals surface area contributed by atoms with Crippen molar-refractivity contribution in [1.82, 2.24) is 15.5 Å². The predicted octanol–water partition coefficient (Wildman–Crippen LogP) is 2.06. The number of hydrogen-bond donors (Lipinski definition) is 2. The van der Waals surface area contributed by atoms with E-state index in [1.807, 2.05) is 13.8 Å². The van der Waals surface area contributed by atoms with Crippen LogP contribution < -0.4 is 10.6 Å². The normalized spacial score (nSPS) is 16.2. The van der Waals surface area contributed by atoms with E-state index in [-0.39, 0.29) is 17.7 Å². The second-order valence-electron chi connectivity index (χ2n) is 6.94.